The van der Waals surface area contributed by atoms with Crippen LogP contribution < -0.4 is 25.5 Å². The van der Waals surface area contributed by atoms with Gasteiger partial charge in [-0.05, 0) is 60.0 Å². The van der Waals surface area contributed by atoms with E-state index in [1.807, 2.05) is 31.2 Å². The number of hydrogen-bond donors (Lipinski definition) is 11. The molecule has 0 unspecified atom stereocenters. The monoisotopic (exact) mass is 978 g/mol. The molecule has 4 aliphatic rings. The maximum atomic E-state index is 15.7. The van der Waals surface area contributed by atoms with Crippen molar-refractivity contribution in [1.29, 1.82) is 0 Å². The van der Waals surface area contributed by atoms with Crippen LogP contribution in [0.2, 0.25) is 18.6 Å². The van der Waals surface area contributed by atoms with E-state index in [4.69, 9.17) is 18.9 Å². The van der Waals surface area contributed by atoms with E-state index in [-0.39, 0.29) is 30.1 Å². The van der Waals surface area contributed by atoms with Crippen LogP contribution >= 0.6 is 0 Å². The normalized spacial score (nSPS) is 32.3. The molecule has 1 spiro atoms. The van der Waals surface area contributed by atoms with E-state index in [0.717, 1.165) is 5.19 Å². The zero-order valence-electron chi connectivity index (χ0n) is 38.1. The molecule has 5 heterocycles. The Bertz CT molecular complexity index is 2520. The Balaban J connectivity index is 1.16. The molecular weight excluding hydrogens is 921 g/mol. The third-order valence-electron chi connectivity index (χ3n) is 13.9. The summed E-state index contributed by atoms with van der Waals surface area (Å²) in [6, 6.07) is 19.1. The van der Waals surface area contributed by atoms with Crippen molar-refractivity contribution in [2.45, 2.75) is 125 Å². The molecule has 4 aromatic rings. The van der Waals surface area contributed by atoms with Gasteiger partial charge in [0, 0.05) is 48.6 Å². The van der Waals surface area contributed by atoms with Gasteiger partial charge in [0.2, 0.25) is 0 Å². The second-order valence-corrected chi connectivity index (χ2v) is 23.2. The molecule has 3 amide bonds. The van der Waals surface area contributed by atoms with E-state index in [2.05, 4.69) is 34.0 Å². The van der Waals surface area contributed by atoms with Gasteiger partial charge in [0.25, 0.3) is 17.7 Å². The fourth-order valence-corrected chi connectivity index (χ4v) is 14.3. The van der Waals surface area contributed by atoms with Crippen molar-refractivity contribution in [1.82, 2.24) is 15.0 Å². The smallest absolute Gasteiger partial charge is 0.264 e. The second kappa shape index (κ2) is 19.9. The van der Waals surface area contributed by atoms with Crippen LogP contribution in [0.5, 0.6) is 5.75 Å². The fourth-order valence-electron chi connectivity index (χ4n) is 10.3. The molecule has 14 atom stereocenters. The van der Waals surface area contributed by atoms with Gasteiger partial charge < -0.3 is 80.4 Å². The Morgan fingerprint density at radius 2 is 1.42 bits per heavy atom. The summed E-state index contributed by atoms with van der Waals surface area (Å²) in [5.41, 5.74) is 0.426. The molecule has 8 rings (SSSR count). The topological polar surface area (TPSA) is 328 Å². The van der Waals surface area contributed by atoms with E-state index in [9.17, 15) is 55.5 Å². The van der Waals surface area contributed by atoms with Crippen molar-refractivity contribution in [2.24, 2.45) is 5.92 Å². The van der Waals surface area contributed by atoms with Crippen molar-refractivity contribution in [2.75, 3.05) is 29.3 Å². The average molecular weight is 979 g/mol. The first-order valence-corrected chi connectivity index (χ1v) is 25.6. The molecule has 69 heavy (non-hydrogen) atoms. The first kappa shape index (κ1) is 50.1. The third kappa shape index (κ3) is 9.31. The predicted molar refractivity (Wildman–Crippen MR) is 244 cm³/mol. The van der Waals surface area contributed by atoms with E-state index in [1.165, 1.54) is 6.07 Å². The van der Waals surface area contributed by atoms with Gasteiger partial charge >= 0.3 is 0 Å². The van der Waals surface area contributed by atoms with Crippen molar-refractivity contribution in [3.05, 3.63) is 89.7 Å². The Morgan fingerprint density at radius 1 is 0.812 bits per heavy atom. The quantitative estimate of drug-likeness (QED) is 0.0618. The summed E-state index contributed by atoms with van der Waals surface area (Å²) in [5, 5.41) is 106. The van der Waals surface area contributed by atoms with Crippen molar-refractivity contribution >= 4 is 48.0 Å². The molecule has 3 aromatic carbocycles. The van der Waals surface area contributed by atoms with Gasteiger partial charge in [-0.1, -0.05) is 54.7 Å². The molecule has 11 N–H and O–H groups in total. The maximum absolute atomic E-state index is 15.7. The number of ether oxygens (including phenoxy) is 4. The summed E-state index contributed by atoms with van der Waals surface area (Å²) < 4.78 is 24.7. The van der Waals surface area contributed by atoms with Crippen LogP contribution in [0.25, 0.3) is 0 Å². The first-order valence-electron chi connectivity index (χ1n) is 22.6. The van der Waals surface area contributed by atoms with Gasteiger partial charge in [-0.3, -0.25) is 19.1 Å². The standard InChI is InChI=1S/C46H58N6O16Si/c1-22-40(69(3,4)28-11-9-27(65-2)10-12-28)31(14-16-51-21-26(15-17-53)49-50-51)68-46(22)29-19-25(48-42(61)39-35(57)33(55)37(59)44(63)67-39)8-13-30(29)52(45(46)64)20-23-6-5-7-24(18-23)47-41(60)38-34(56)32(54)36(58)43(62)66-38/h5-13,18-19,21-22,31-40,43-44,53-59,62-63H,14-17,20H2,1-4H3,(H,47,60)(H,48,61)/t22-,31+,32+,33+,34+,35+,36-,37-,38+,39+,40-,43-,44-,46+/m1/s1. The number of methoxy groups -OCH3 is 1. The summed E-state index contributed by atoms with van der Waals surface area (Å²) in [4.78, 5) is 44.2. The van der Waals surface area contributed by atoms with Crippen LogP contribution in [0.1, 0.15) is 30.2 Å². The molecular formula is C46H58N6O16Si. The van der Waals surface area contributed by atoms with Gasteiger partial charge in [0.05, 0.1) is 39.2 Å². The molecule has 4 aliphatic heterocycles. The maximum Gasteiger partial charge on any atom is 0.264 e. The molecule has 3 saturated heterocycles. The first-order chi connectivity index (χ1) is 32.8. The number of carbonyl (C=O) groups is 3. The number of benzene rings is 3. The zero-order valence-corrected chi connectivity index (χ0v) is 39.1. The summed E-state index contributed by atoms with van der Waals surface area (Å²) in [6.07, 6.45) is -16.8. The number of aryl methyl sites for hydroxylation is 1. The van der Waals surface area contributed by atoms with Crippen LogP contribution in [0.15, 0.2) is 72.9 Å². The van der Waals surface area contributed by atoms with E-state index in [0.29, 0.717) is 47.6 Å². The predicted octanol–water partition coefficient (Wildman–Crippen LogP) is -1.85. The highest BCUT2D eigenvalue weighted by molar-refractivity contribution is 6.91. The molecule has 0 radical (unpaired) electrons. The Labute approximate surface area is 396 Å². The van der Waals surface area contributed by atoms with Crippen LogP contribution in [0, 0.1) is 5.92 Å². The number of nitrogens with zero attached hydrogens (tertiary/aromatic N) is 4. The number of anilines is 3. The zero-order chi connectivity index (χ0) is 49.7. The molecule has 372 valence electrons. The number of aliphatic hydroxyl groups excluding tert-OH is 9. The number of amides is 3. The van der Waals surface area contributed by atoms with Crippen LogP contribution in [-0.4, -0.2) is 168 Å². The van der Waals surface area contributed by atoms with E-state index >= 15 is 4.79 Å². The van der Waals surface area contributed by atoms with Gasteiger partial charge in [0.15, 0.2) is 30.4 Å². The molecule has 23 heteroatoms. The Hall–Kier alpha value is -5.25. The molecule has 1 aromatic heterocycles. The second-order valence-electron chi connectivity index (χ2n) is 18.5. The Kier molecular flexibility index (Phi) is 14.4. The lowest BCUT2D eigenvalue weighted by Gasteiger charge is -2.37. The van der Waals surface area contributed by atoms with Crippen LogP contribution in [0.3, 0.4) is 0 Å². The van der Waals surface area contributed by atoms with Gasteiger partial charge in [-0.15, -0.1) is 5.10 Å². The Morgan fingerprint density at radius 3 is 2.01 bits per heavy atom. The number of nitrogens with one attached hydrogen (secondary N) is 2. The van der Waals surface area contributed by atoms with E-state index < -0.39 is 105 Å². The summed E-state index contributed by atoms with van der Waals surface area (Å²) in [5.74, 6) is -2.15. The van der Waals surface area contributed by atoms with Crippen molar-refractivity contribution < 1.29 is 79.3 Å². The third-order valence-corrected chi connectivity index (χ3v) is 18.3. The van der Waals surface area contributed by atoms with Crippen molar-refractivity contribution in [3.8, 4) is 5.75 Å². The number of aliphatic hydroxyl groups is 9. The molecule has 0 saturated carbocycles. The SMILES string of the molecule is COc1ccc([Si](C)(C)[C@H]2[C@H](CCn3cc(CCO)nn3)O[C@@]3(C(=O)N(Cc4cccc(NC(=O)[C@H]5O[C@@H](O)[C@H](O)[C@@H](O)[C@@H]5O)c4)c4ccc(NC(=O)[C@H]5O[C@@H](O)[C@H](O)[C@@H](O)[C@@H]5O)cc43)[C@@H]2C)cc1. The number of fused-ring (bicyclic) bond motifs is 2. The highest BCUT2D eigenvalue weighted by Gasteiger charge is 2.66. The highest BCUT2D eigenvalue weighted by Crippen LogP contribution is 2.60. The minimum atomic E-state index is -2.66. The van der Waals surface area contributed by atoms with Gasteiger partial charge in [-0.2, -0.15) is 0 Å². The lowest BCUT2D eigenvalue weighted by Crippen LogP contribution is -2.60. The summed E-state index contributed by atoms with van der Waals surface area (Å²) in [7, 11) is -1.08. The lowest BCUT2D eigenvalue weighted by atomic mass is 9.82. The van der Waals surface area contributed by atoms with Crippen LogP contribution in [-0.2, 0) is 53.7 Å². The lowest BCUT2D eigenvalue weighted by molar-refractivity contribution is -0.274. The van der Waals surface area contributed by atoms with Crippen molar-refractivity contribution in [3.63, 3.8) is 0 Å². The van der Waals surface area contributed by atoms with Crippen LogP contribution in [0.4, 0.5) is 17.1 Å². The molecule has 0 bridgehead atoms. The minimum Gasteiger partial charge on any atom is -0.497 e. The van der Waals surface area contributed by atoms with E-state index in [1.54, 1.807) is 59.3 Å². The highest BCUT2D eigenvalue weighted by atomic mass is 28.3. The molecule has 0 aliphatic carbocycles. The molecule has 22 nitrogen and oxygen atoms in total. The number of rotatable bonds is 14. The summed E-state index contributed by atoms with van der Waals surface area (Å²) in [6.45, 7) is 6.59. The summed E-state index contributed by atoms with van der Waals surface area (Å²) >= 11 is 0. The fraction of sp³-hybridized carbons (Fsp3) is 0.500. The number of aromatic nitrogens is 3. The van der Waals surface area contributed by atoms with Gasteiger partial charge in [0.1, 0.15) is 42.4 Å². The molecule has 3 fully saturated rings. The van der Waals surface area contributed by atoms with Gasteiger partial charge in [-0.25, -0.2) is 0 Å². The average Bonchev–Trinajstić information content (AvgIpc) is 3.98. The number of carbonyl (C=O) groups excluding carboxylic acids is 3. The largest absolute Gasteiger partial charge is 0.497 e. The minimum absolute atomic E-state index is 0.0628. The number of hydrogen-bond acceptors (Lipinski definition) is 18.